The number of ether oxygens (including phenoxy) is 1. The third kappa shape index (κ3) is 3.83. The van der Waals surface area contributed by atoms with Gasteiger partial charge in [-0.3, -0.25) is 0 Å². The first kappa shape index (κ1) is 10.6. The SMILES string of the molecule is N#CC(Cl)COc1cccc(I)c1. The molecule has 1 aromatic rings. The highest BCUT2D eigenvalue weighted by molar-refractivity contribution is 14.1. The van der Waals surface area contributed by atoms with Gasteiger partial charge in [0.15, 0.2) is 5.38 Å². The molecule has 0 N–H and O–H groups in total. The molecule has 1 atom stereocenters. The molecule has 0 aliphatic carbocycles. The molecule has 0 heterocycles. The topological polar surface area (TPSA) is 33.0 Å². The van der Waals surface area contributed by atoms with Crippen LogP contribution in [0.25, 0.3) is 0 Å². The van der Waals surface area contributed by atoms with Crippen LogP contribution in [0.1, 0.15) is 0 Å². The number of hydrogen-bond acceptors (Lipinski definition) is 2. The van der Waals surface area contributed by atoms with Crippen LogP contribution >= 0.6 is 34.2 Å². The number of rotatable bonds is 3. The molecule has 4 heteroatoms. The Bertz CT molecular complexity index is 324. The predicted octanol–water partition coefficient (Wildman–Crippen LogP) is 2.80. The molecule has 0 aliphatic heterocycles. The molecule has 0 spiro atoms. The Morgan fingerprint density at radius 3 is 3.00 bits per heavy atom. The fourth-order valence-electron chi connectivity index (χ4n) is 0.763. The molecule has 2 nitrogen and oxygen atoms in total. The molecule has 1 rings (SSSR count). The number of halogens is 2. The van der Waals surface area contributed by atoms with Crippen LogP contribution in [0.15, 0.2) is 24.3 Å². The summed E-state index contributed by atoms with van der Waals surface area (Å²) >= 11 is 7.76. The molecule has 0 aliphatic rings. The molecule has 0 radical (unpaired) electrons. The highest BCUT2D eigenvalue weighted by atomic mass is 127. The second-order valence-electron chi connectivity index (χ2n) is 2.37. The third-order valence-electron chi connectivity index (χ3n) is 1.33. The lowest BCUT2D eigenvalue weighted by molar-refractivity contribution is 0.329. The fourth-order valence-corrected chi connectivity index (χ4v) is 1.34. The van der Waals surface area contributed by atoms with E-state index in [4.69, 9.17) is 21.6 Å². The van der Waals surface area contributed by atoms with Gasteiger partial charge in [0.2, 0.25) is 0 Å². The molecule has 13 heavy (non-hydrogen) atoms. The van der Waals surface area contributed by atoms with Crippen molar-refractivity contribution in [3.63, 3.8) is 0 Å². The first-order chi connectivity index (χ1) is 6.22. The van der Waals surface area contributed by atoms with Crippen LogP contribution in [-0.2, 0) is 0 Å². The highest BCUT2D eigenvalue weighted by Gasteiger charge is 2.02. The van der Waals surface area contributed by atoms with E-state index in [9.17, 15) is 0 Å². The van der Waals surface area contributed by atoms with E-state index >= 15 is 0 Å². The van der Waals surface area contributed by atoms with Crippen molar-refractivity contribution in [2.24, 2.45) is 0 Å². The molecule has 0 saturated heterocycles. The summed E-state index contributed by atoms with van der Waals surface area (Å²) in [6.07, 6.45) is 0. The number of nitrogens with zero attached hydrogens (tertiary/aromatic N) is 1. The minimum atomic E-state index is -0.585. The summed E-state index contributed by atoms with van der Waals surface area (Å²) in [5, 5.41) is 7.82. The van der Waals surface area contributed by atoms with E-state index in [2.05, 4.69) is 22.6 Å². The standard InChI is InChI=1S/C9H7ClINO/c10-7(5-12)6-13-9-3-1-2-8(11)4-9/h1-4,7H,6H2. The molecule has 0 fully saturated rings. The van der Waals surface area contributed by atoms with Gasteiger partial charge in [0.05, 0.1) is 6.07 Å². The normalized spacial score (nSPS) is 11.8. The van der Waals surface area contributed by atoms with Crippen molar-refractivity contribution in [3.8, 4) is 11.8 Å². The lowest BCUT2D eigenvalue weighted by Gasteiger charge is -2.05. The second kappa shape index (κ2) is 5.30. The summed E-state index contributed by atoms with van der Waals surface area (Å²) in [6.45, 7) is 0.220. The van der Waals surface area contributed by atoms with Gasteiger partial charge in [-0.1, -0.05) is 6.07 Å². The van der Waals surface area contributed by atoms with Crippen LogP contribution in [-0.4, -0.2) is 12.0 Å². The van der Waals surface area contributed by atoms with Crippen LogP contribution in [0.5, 0.6) is 5.75 Å². The lowest BCUT2D eigenvalue weighted by Crippen LogP contribution is -2.08. The molecule has 0 amide bonds. The first-order valence-corrected chi connectivity index (χ1v) is 5.16. The van der Waals surface area contributed by atoms with Crippen molar-refractivity contribution in [1.82, 2.24) is 0 Å². The van der Waals surface area contributed by atoms with Gasteiger partial charge in [-0.2, -0.15) is 5.26 Å². The van der Waals surface area contributed by atoms with Gasteiger partial charge < -0.3 is 4.74 Å². The van der Waals surface area contributed by atoms with Crippen LogP contribution in [0.2, 0.25) is 0 Å². The molecule has 0 saturated carbocycles. The number of alkyl halides is 1. The van der Waals surface area contributed by atoms with Crippen molar-refractivity contribution in [3.05, 3.63) is 27.8 Å². The Labute approximate surface area is 95.6 Å². The van der Waals surface area contributed by atoms with Gasteiger partial charge in [0, 0.05) is 3.57 Å². The molecular weight excluding hydrogens is 300 g/mol. The van der Waals surface area contributed by atoms with Crippen molar-refractivity contribution < 1.29 is 4.74 Å². The maximum atomic E-state index is 8.40. The van der Waals surface area contributed by atoms with E-state index < -0.39 is 5.38 Å². The Kier molecular flexibility index (Phi) is 4.33. The van der Waals surface area contributed by atoms with Crippen LogP contribution < -0.4 is 4.74 Å². The summed E-state index contributed by atoms with van der Waals surface area (Å²) in [5.74, 6) is 0.743. The minimum Gasteiger partial charge on any atom is -0.491 e. The smallest absolute Gasteiger partial charge is 0.154 e. The molecule has 1 unspecified atom stereocenters. The Morgan fingerprint density at radius 1 is 1.62 bits per heavy atom. The molecule has 0 bridgehead atoms. The Morgan fingerprint density at radius 2 is 2.38 bits per heavy atom. The van der Waals surface area contributed by atoms with Crippen LogP contribution in [0.4, 0.5) is 0 Å². The maximum absolute atomic E-state index is 8.40. The van der Waals surface area contributed by atoms with Gasteiger partial charge in [-0.25, -0.2) is 0 Å². The van der Waals surface area contributed by atoms with Crippen molar-refractivity contribution in [2.45, 2.75) is 5.38 Å². The van der Waals surface area contributed by atoms with Crippen LogP contribution in [0, 0.1) is 14.9 Å². The second-order valence-corrected chi connectivity index (χ2v) is 4.14. The van der Waals surface area contributed by atoms with Gasteiger partial charge in [0.25, 0.3) is 0 Å². The molecular formula is C9H7ClINO. The molecule has 0 aromatic heterocycles. The van der Waals surface area contributed by atoms with Gasteiger partial charge in [-0.15, -0.1) is 11.6 Å². The van der Waals surface area contributed by atoms with Gasteiger partial charge >= 0.3 is 0 Å². The van der Waals surface area contributed by atoms with Crippen LogP contribution in [0.3, 0.4) is 0 Å². The summed E-state index contributed by atoms with van der Waals surface area (Å²) in [7, 11) is 0. The summed E-state index contributed by atoms with van der Waals surface area (Å²) in [5.41, 5.74) is 0. The maximum Gasteiger partial charge on any atom is 0.154 e. The van der Waals surface area contributed by atoms with E-state index in [1.165, 1.54) is 0 Å². The number of benzene rings is 1. The Hall–Kier alpha value is -0.470. The number of hydrogen-bond donors (Lipinski definition) is 0. The quantitative estimate of drug-likeness (QED) is 0.635. The number of nitriles is 1. The zero-order chi connectivity index (χ0) is 9.68. The third-order valence-corrected chi connectivity index (χ3v) is 2.23. The molecule has 68 valence electrons. The zero-order valence-corrected chi connectivity index (χ0v) is 9.62. The van der Waals surface area contributed by atoms with Gasteiger partial charge in [-0.05, 0) is 40.8 Å². The summed E-state index contributed by atoms with van der Waals surface area (Å²) < 4.78 is 6.38. The van der Waals surface area contributed by atoms with E-state index in [1.54, 1.807) is 0 Å². The Balaban J connectivity index is 2.51. The minimum absolute atomic E-state index is 0.220. The summed E-state index contributed by atoms with van der Waals surface area (Å²) in [6, 6.07) is 9.48. The lowest BCUT2D eigenvalue weighted by atomic mass is 10.3. The average Bonchev–Trinajstić information content (AvgIpc) is 2.14. The van der Waals surface area contributed by atoms with E-state index in [1.807, 2.05) is 30.3 Å². The van der Waals surface area contributed by atoms with E-state index in [0.29, 0.717) is 0 Å². The van der Waals surface area contributed by atoms with E-state index in [-0.39, 0.29) is 6.61 Å². The van der Waals surface area contributed by atoms with Crippen molar-refractivity contribution in [2.75, 3.05) is 6.61 Å². The molecule has 1 aromatic carbocycles. The van der Waals surface area contributed by atoms with Crippen molar-refractivity contribution >= 4 is 34.2 Å². The summed E-state index contributed by atoms with van der Waals surface area (Å²) in [4.78, 5) is 0. The van der Waals surface area contributed by atoms with E-state index in [0.717, 1.165) is 9.32 Å². The highest BCUT2D eigenvalue weighted by Crippen LogP contribution is 2.15. The monoisotopic (exact) mass is 307 g/mol. The van der Waals surface area contributed by atoms with Gasteiger partial charge in [0.1, 0.15) is 12.4 Å². The largest absolute Gasteiger partial charge is 0.491 e. The zero-order valence-electron chi connectivity index (χ0n) is 6.71. The fraction of sp³-hybridized carbons (Fsp3) is 0.222. The first-order valence-electron chi connectivity index (χ1n) is 3.64. The average molecular weight is 308 g/mol. The predicted molar refractivity (Wildman–Crippen MR) is 59.9 cm³/mol. The van der Waals surface area contributed by atoms with Crippen molar-refractivity contribution in [1.29, 1.82) is 5.26 Å².